The van der Waals surface area contributed by atoms with Gasteiger partial charge in [0.05, 0.1) is 24.2 Å². The van der Waals surface area contributed by atoms with Crippen molar-refractivity contribution in [1.82, 2.24) is 0 Å². The van der Waals surface area contributed by atoms with E-state index in [0.29, 0.717) is 17.0 Å². The zero-order valence-corrected chi connectivity index (χ0v) is 13.8. The molecule has 3 atom stereocenters. The number of carboxylic acid groups (broad SMARTS) is 1. The minimum atomic E-state index is -0.687. The summed E-state index contributed by atoms with van der Waals surface area (Å²) >= 11 is 0. The van der Waals surface area contributed by atoms with Crippen LogP contribution in [0, 0.1) is 23.2 Å². The molecule has 0 saturated heterocycles. The van der Waals surface area contributed by atoms with E-state index in [0.717, 1.165) is 36.0 Å². The van der Waals surface area contributed by atoms with Gasteiger partial charge in [-0.15, -0.1) is 0 Å². The smallest absolute Gasteiger partial charge is 0.307 e. The van der Waals surface area contributed by atoms with Crippen LogP contribution in [-0.2, 0) is 16.8 Å². The van der Waals surface area contributed by atoms with E-state index in [1.807, 2.05) is 24.3 Å². The summed E-state index contributed by atoms with van der Waals surface area (Å²) in [5, 5.41) is 28.3. The maximum absolute atomic E-state index is 11.7. The number of carboxylic acids is 1. The molecule has 0 radical (unpaired) electrons. The second kappa shape index (κ2) is 5.72. The first-order valence-electron chi connectivity index (χ1n) is 8.56. The normalized spacial score (nSPS) is 26.7. The first-order chi connectivity index (χ1) is 12.1. The molecule has 3 aliphatic rings. The number of hydrogen-bond acceptors (Lipinski definition) is 3. The molecule has 3 aliphatic carbocycles. The zero-order chi connectivity index (χ0) is 17.6. The quantitative estimate of drug-likeness (QED) is 0.897. The molecule has 0 heterocycles. The van der Waals surface area contributed by atoms with Gasteiger partial charge in [0.15, 0.2) is 0 Å². The maximum Gasteiger partial charge on any atom is 0.307 e. The number of aliphatic carboxylic acids is 1. The number of nitriles is 1. The van der Waals surface area contributed by atoms with Crippen LogP contribution in [0.2, 0.25) is 0 Å². The van der Waals surface area contributed by atoms with E-state index in [9.17, 15) is 15.0 Å². The third-order valence-corrected chi connectivity index (χ3v) is 6.07. The van der Waals surface area contributed by atoms with Crippen LogP contribution in [0.5, 0.6) is 0 Å². The third kappa shape index (κ3) is 2.27. The van der Waals surface area contributed by atoms with Crippen molar-refractivity contribution in [3.63, 3.8) is 0 Å². The van der Waals surface area contributed by atoms with Gasteiger partial charge in [0.2, 0.25) is 0 Å². The number of hydrogen-bond donors (Lipinski definition) is 2. The molecule has 3 saturated carbocycles. The molecule has 2 aromatic rings. The molecule has 2 N–H and O–H groups in total. The Labute approximate surface area is 146 Å². The molecule has 4 heteroatoms. The van der Waals surface area contributed by atoms with Crippen molar-refractivity contribution in [2.24, 2.45) is 11.8 Å². The standard InChI is InChI=1S/C21H19NO3/c22-11-13-4-5-18(16(8-13)12-23)14-2-1-3-17(9-14)21-7-6-15(10-21)19(21)20(24)25/h1-5,8-9,15,19,23H,6-7,10,12H2,(H,24,25)/t15-,19+,21+/m0/s1. The lowest BCUT2D eigenvalue weighted by molar-refractivity contribution is -0.150. The highest BCUT2D eigenvalue weighted by atomic mass is 16.4. The van der Waals surface area contributed by atoms with Crippen molar-refractivity contribution in [1.29, 1.82) is 5.26 Å². The summed E-state index contributed by atoms with van der Waals surface area (Å²) in [5.74, 6) is -0.654. The molecule has 0 unspecified atom stereocenters. The van der Waals surface area contributed by atoms with Crippen LogP contribution in [0.3, 0.4) is 0 Å². The number of rotatable bonds is 4. The van der Waals surface area contributed by atoms with Crippen molar-refractivity contribution in [3.05, 3.63) is 59.2 Å². The minimum absolute atomic E-state index is 0.139. The van der Waals surface area contributed by atoms with Gasteiger partial charge < -0.3 is 10.2 Å². The van der Waals surface area contributed by atoms with Crippen LogP contribution in [0.1, 0.15) is 36.0 Å². The molecule has 4 nitrogen and oxygen atoms in total. The van der Waals surface area contributed by atoms with E-state index in [1.54, 1.807) is 12.1 Å². The summed E-state index contributed by atoms with van der Waals surface area (Å²) in [4.78, 5) is 11.7. The molecule has 5 rings (SSSR count). The Morgan fingerprint density at radius 2 is 2.12 bits per heavy atom. The SMILES string of the molecule is N#Cc1ccc(-c2cccc([C@@]34CC[C@@H](C3)[C@@H]4C(=O)O)c2)c(CO)c1. The molecule has 126 valence electrons. The highest BCUT2D eigenvalue weighted by molar-refractivity contribution is 5.76. The van der Waals surface area contributed by atoms with Crippen LogP contribution in [-0.4, -0.2) is 16.2 Å². The van der Waals surface area contributed by atoms with Crippen molar-refractivity contribution < 1.29 is 15.0 Å². The van der Waals surface area contributed by atoms with Crippen LogP contribution in [0.25, 0.3) is 11.1 Å². The van der Waals surface area contributed by atoms with Gasteiger partial charge in [-0.1, -0.05) is 30.3 Å². The van der Waals surface area contributed by atoms with Gasteiger partial charge >= 0.3 is 5.97 Å². The fourth-order valence-electron chi connectivity index (χ4n) is 4.92. The molecular formula is C21H19NO3. The molecule has 25 heavy (non-hydrogen) atoms. The van der Waals surface area contributed by atoms with Crippen molar-refractivity contribution in [2.75, 3.05) is 0 Å². The lowest BCUT2D eigenvalue weighted by atomic mass is 9.57. The van der Waals surface area contributed by atoms with Gasteiger partial charge in [-0.2, -0.15) is 5.26 Å². The largest absolute Gasteiger partial charge is 0.481 e. The van der Waals surface area contributed by atoms with E-state index < -0.39 is 5.97 Å². The number of nitrogens with zero attached hydrogens (tertiary/aromatic N) is 1. The molecule has 0 amide bonds. The predicted molar refractivity (Wildman–Crippen MR) is 92.7 cm³/mol. The number of aliphatic hydroxyl groups excluding tert-OH is 1. The Kier molecular flexibility index (Phi) is 3.63. The van der Waals surface area contributed by atoms with Crippen LogP contribution in [0.15, 0.2) is 42.5 Å². The molecular weight excluding hydrogens is 314 g/mol. The van der Waals surface area contributed by atoms with Gasteiger partial charge in [-0.3, -0.25) is 4.79 Å². The summed E-state index contributed by atoms with van der Waals surface area (Å²) in [6, 6.07) is 15.4. The van der Waals surface area contributed by atoms with Crippen LogP contribution < -0.4 is 0 Å². The summed E-state index contributed by atoms with van der Waals surface area (Å²) in [7, 11) is 0. The fraction of sp³-hybridized carbons (Fsp3) is 0.333. The molecule has 2 aromatic carbocycles. The zero-order valence-electron chi connectivity index (χ0n) is 13.8. The Morgan fingerprint density at radius 1 is 1.28 bits per heavy atom. The highest BCUT2D eigenvalue weighted by Gasteiger charge is 2.62. The Hall–Kier alpha value is -2.64. The van der Waals surface area contributed by atoms with Gasteiger partial charge in [0.25, 0.3) is 0 Å². The molecule has 0 aromatic heterocycles. The summed E-state index contributed by atoms with van der Waals surface area (Å²) in [6.07, 6.45) is 2.87. The first-order valence-corrected chi connectivity index (χ1v) is 8.56. The molecule has 0 spiro atoms. The second-order valence-corrected chi connectivity index (χ2v) is 7.20. The lowest BCUT2D eigenvalue weighted by Gasteiger charge is -2.45. The third-order valence-electron chi connectivity index (χ3n) is 6.07. The second-order valence-electron chi connectivity index (χ2n) is 7.20. The maximum atomic E-state index is 11.7. The van der Waals surface area contributed by atoms with Crippen molar-refractivity contribution in [2.45, 2.75) is 31.3 Å². The van der Waals surface area contributed by atoms with Crippen molar-refractivity contribution in [3.8, 4) is 17.2 Å². The summed E-state index contributed by atoms with van der Waals surface area (Å²) in [6.45, 7) is -0.139. The van der Waals surface area contributed by atoms with Crippen LogP contribution >= 0.6 is 0 Å². The van der Waals surface area contributed by atoms with Crippen LogP contribution in [0.4, 0.5) is 0 Å². The number of carbonyl (C=O) groups is 1. The van der Waals surface area contributed by atoms with E-state index in [4.69, 9.17) is 5.26 Å². The highest BCUT2D eigenvalue weighted by Crippen LogP contribution is 2.64. The number of fused-ring (bicyclic) bond motifs is 1. The van der Waals surface area contributed by atoms with Gasteiger partial charge in [0.1, 0.15) is 0 Å². The Balaban J connectivity index is 1.77. The summed E-state index contributed by atoms with van der Waals surface area (Å²) in [5.41, 5.74) is 3.92. The van der Waals surface area contributed by atoms with Crippen molar-refractivity contribution >= 4 is 5.97 Å². The topological polar surface area (TPSA) is 81.3 Å². The van der Waals surface area contributed by atoms with E-state index in [1.165, 1.54) is 0 Å². The molecule has 0 aliphatic heterocycles. The minimum Gasteiger partial charge on any atom is -0.481 e. The van der Waals surface area contributed by atoms with E-state index >= 15 is 0 Å². The predicted octanol–water partition coefficient (Wildman–Crippen LogP) is 3.47. The average Bonchev–Trinajstić information content (AvgIpc) is 3.21. The Morgan fingerprint density at radius 3 is 2.80 bits per heavy atom. The summed E-state index contributed by atoms with van der Waals surface area (Å²) < 4.78 is 0. The van der Waals surface area contributed by atoms with Gasteiger partial charge in [0, 0.05) is 5.41 Å². The monoisotopic (exact) mass is 333 g/mol. The Bertz CT molecular complexity index is 894. The first kappa shape index (κ1) is 15.9. The number of benzene rings is 2. The van der Waals surface area contributed by atoms with Gasteiger partial charge in [-0.05, 0) is 59.6 Å². The van der Waals surface area contributed by atoms with E-state index in [-0.39, 0.29) is 17.9 Å². The van der Waals surface area contributed by atoms with Gasteiger partial charge in [-0.25, -0.2) is 0 Å². The molecule has 2 bridgehead atoms. The molecule has 3 fully saturated rings. The number of aliphatic hydroxyl groups is 1. The average molecular weight is 333 g/mol. The van der Waals surface area contributed by atoms with E-state index in [2.05, 4.69) is 12.1 Å². The lowest BCUT2D eigenvalue weighted by Crippen LogP contribution is -2.48. The fourth-order valence-corrected chi connectivity index (χ4v) is 4.92.